The summed E-state index contributed by atoms with van der Waals surface area (Å²) in [6.07, 6.45) is -0.197. The lowest BCUT2D eigenvalue weighted by Crippen LogP contribution is -2.38. The van der Waals surface area contributed by atoms with Gasteiger partial charge < -0.3 is 15.4 Å². The molecule has 4 heteroatoms. The predicted molar refractivity (Wildman–Crippen MR) is 52.8 cm³/mol. The fraction of sp³-hybridized carbons (Fsp3) is 0.900. The Morgan fingerprint density at radius 2 is 1.86 bits per heavy atom. The van der Waals surface area contributed by atoms with Crippen LogP contribution < -0.4 is 5.73 Å². The molecule has 1 heterocycles. The summed E-state index contributed by atoms with van der Waals surface area (Å²) in [6, 6.07) is 0.327. The monoisotopic (exact) mass is 198 g/mol. The highest BCUT2D eigenvalue weighted by atomic mass is 16.6. The van der Waals surface area contributed by atoms with Crippen molar-refractivity contribution < 1.29 is 9.53 Å². The van der Waals surface area contributed by atoms with Crippen molar-refractivity contribution in [1.82, 2.24) is 4.90 Å². The Morgan fingerprint density at radius 3 is 2.29 bits per heavy atom. The van der Waals surface area contributed by atoms with E-state index in [-0.39, 0.29) is 6.09 Å². The van der Waals surface area contributed by atoms with Crippen LogP contribution in [0.3, 0.4) is 0 Å². The number of piperidine rings is 1. The van der Waals surface area contributed by atoms with Crippen molar-refractivity contribution in [1.29, 1.82) is 0 Å². The van der Waals surface area contributed by atoms with Gasteiger partial charge in [-0.1, -0.05) is 0 Å². The molecule has 1 aliphatic carbocycles. The van der Waals surface area contributed by atoms with Crippen molar-refractivity contribution in [2.75, 3.05) is 13.1 Å². The van der Waals surface area contributed by atoms with Crippen LogP contribution >= 0.6 is 0 Å². The molecule has 0 radical (unpaired) electrons. The molecular weight excluding hydrogens is 180 g/mol. The third kappa shape index (κ3) is 1.71. The Hall–Kier alpha value is -0.770. The van der Waals surface area contributed by atoms with Crippen LogP contribution in [0.25, 0.3) is 0 Å². The van der Waals surface area contributed by atoms with Crippen LogP contribution in [0.4, 0.5) is 4.79 Å². The van der Waals surface area contributed by atoms with Gasteiger partial charge in [-0.2, -0.15) is 0 Å². The minimum atomic E-state index is -0.397. The molecule has 2 rings (SSSR count). The van der Waals surface area contributed by atoms with Gasteiger partial charge in [0.1, 0.15) is 5.60 Å². The molecule has 1 saturated carbocycles. The van der Waals surface area contributed by atoms with Gasteiger partial charge in [0.15, 0.2) is 0 Å². The molecule has 0 spiro atoms. The van der Waals surface area contributed by atoms with Crippen LogP contribution in [0.15, 0.2) is 0 Å². The second-order valence-electron chi connectivity index (χ2n) is 5.29. The molecule has 4 nitrogen and oxygen atoms in total. The van der Waals surface area contributed by atoms with Crippen LogP contribution in [-0.2, 0) is 4.74 Å². The van der Waals surface area contributed by atoms with E-state index >= 15 is 0 Å². The number of amides is 1. The number of likely N-dealkylation sites (tertiary alicyclic amines) is 1. The van der Waals surface area contributed by atoms with Crippen LogP contribution in [0.2, 0.25) is 0 Å². The smallest absolute Gasteiger partial charge is 0.410 e. The van der Waals surface area contributed by atoms with Gasteiger partial charge >= 0.3 is 6.09 Å². The standard InChI is InChI=1S/C10H18N2O2/c1-10(2,3)14-9(13)12-4-6-7(5-12)8(6)11/h6-8H,4-5,11H2,1-3H3/t6-,7+,8-. The van der Waals surface area contributed by atoms with Gasteiger partial charge in [-0.25, -0.2) is 4.79 Å². The first-order valence-electron chi connectivity index (χ1n) is 5.12. The molecule has 3 atom stereocenters. The average Bonchev–Trinajstić information content (AvgIpc) is 2.47. The predicted octanol–water partition coefficient (Wildman–Crippen LogP) is 0.810. The molecule has 0 aromatic rings. The van der Waals surface area contributed by atoms with Crippen molar-refractivity contribution in [3.63, 3.8) is 0 Å². The van der Waals surface area contributed by atoms with Gasteiger partial charge in [-0.15, -0.1) is 0 Å². The Bertz CT molecular complexity index is 247. The Morgan fingerprint density at radius 1 is 1.36 bits per heavy atom. The largest absolute Gasteiger partial charge is 0.444 e. The van der Waals surface area contributed by atoms with Crippen LogP contribution in [-0.4, -0.2) is 35.7 Å². The van der Waals surface area contributed by atoms with Gasteiger partial charge in [-0.05, 0) is 32.6 Å². The van der Waals surface area contributed by atoms with E-state index in [9.17, 15) is 4.79 Å². The van der Waals surface area contributed by atoms with Crippen LogP contribution in [0, 0.1) is 11.8 Å². The normalized spacial score (nSPS) is 35.4. The summed E-state index contributed by atoms with van der Waals surface area (Å²) in [4.78, 5) is 13.4. The van der Waals surface area contributed by atoms with E-state index in [1.165, 1.54) is 0 Å². The number of carbonyl (C=O) groups excluding carboxylic acids is 1. The third-order valence-corrected chi connectivity index (χ3v) is 2.91. The number of hydrogen-bond acceptors (Lipinski definition) is 3. The average molecular weight is 198 g/mol. The van der Waals surface area contributed by atoms with E-state index in [4.69, 9.17) is 10.5 Å². The second-order valence-corrected chi connectivity index (χ2v) is 5.29. The molecule has 0 unspecified atom stereocenters. The third-order valence-electron chi connectivity index (χ3n) is 2.91. The molecule has 2 fully saturated rings. The maximum Gasteiger partial charge on any atom is 0.410 e. The van der Waals surface area contributed by atoms with Gasteiger partial charge in [-0.3, -0.25) is 0 Å². The van der Waals surface area contributed by atoms with E-state index in [1.54, 1.807) is 4.90 Å². The number of nitrogens with two attached hydrogens (primary N) is 1. The molecule has 0 aromatic carbocycles. The summed E-state index contributed by atoms with van der Waals surface area (Å²) in [5, 5.41) is 0. The maximum absolute atomic E-state index is 11.6. The molecule has 1 aliphatic heterocycles. The fourth-order valence-electron chi connectivity index (χ4n) is 2.05. The van der Waals surface area contributed by atoms with Crippen molar-refractivity contribution in [2.45, 2.75) is 32.4 Å². The summed E-state index contributed by atoms with van der Waals surface area (Å²) in [5.41, 5.74) is 5.39. The van der Waals surface area contributed by atoms with Crippen LogP contribution in [0.5, 0.6) is 0 Å². The Kier molecular flexibility index (Phi) is 2.00. The van der Waals surface area contributed by atoms with E-state index in [1.807, 2.05) is 20.8 Å². The lowest BCUT2D eigenvalue weighted by Gasteiger charge is -2.25. The molecule has 80 valence electrons. The highest BCUT2D eigenvalue weighted by Gasteiger charge is 2.55. The maximum atomic E-state index is 11.6. The molecule has 2 aliphatic rings. The zero-order valence-electron chi connectivity index (χ0n) is 8.99. The molecule has 0 bridgehead atoms. The molecule has 2 N–H and O–H groups in total. The molecular formula is C10H18N2O2. The zero-order chi connectivity index (χ0) is 10.5. The van der Waals surface area contributed by atoms with Gasteiger partial charge in [0, 0.05) is 19.1 Å². The summed E-state index contributed by atoms with van der Waals surface area (Å²) in [6.45, 7) is 7.20. The fourth-order valence-corrected chi connectivity index (χ4v) is 2.05. The van der Waals surface area contributed by atoms with E-state index in [2.05, 4.69) is 0 Å². The lowest BCUT2D eigenvalue weighted by molar-refractivity contribution is 0.0271. The Labute approximate surface area is 84.4 Å². The molecule has 1 saturated heterocycles. The zero-order valence-corrected chi connectivity index (χ0v) is 8.99. The number of nitrogens with zero attached hydrogens (tertiary/aromatic N) is 1. The van der Waals surface area contributed by atoms with E-state index in [0.717, 1.165) is 13.1 Å². The summed E-state index contributed by atoms with van der Waals surface area (Å²) < 4.78 is 5.27. The van der Waals surface area contributed by atoms with Crippen molar-refractivity contribution in [3.8, 4) is 0 Å². The highest BCUT2D eigenvalue weighted by molar-refractivity contribution is 5.69. The first-order chi connectivity index (χ1) is 6.38. The number of ether oxygens (including phenoxy) is 1. The first kappa shape index (κ1) is 9.77. The van der Waals surface area contributed by atoms with Gasteiger partial charge in [0.25, 0.3) is 0 Å². The highest BCUT2D eigenvalue weighted by Crippen LogP contribution is 2.43. The molecule has 14 heavy (non-hydrogen) atoms. The number of hydrogen-bond donors (Lipinski definition) is 1. The minimum absolute atomic E-state index is 0.197. The topological polar surface area (TPSA) is 55.6 Å². The lowest BCUT2D eigenvalue weighted by atomic mass is 10.2. The summed E-state index contributed by atoms with van der Waals surface area (Å²) in [7, 11) is 0. The SMILES string of the molecule is CC(C)(C)OC(=O)N1C[C@@H]2[C@H](N)[C@@H]2C1. The van der Waals surface area contributed by atoms with Crippen molar-refractivity contribution in [2.24, 2.45) is 17.6 Å². The van der Waals surface area contributed by atoms with Gasteiger partial charge in [0.2, 0.25) is 0 Å². The summed E-state index contributed by atoms with van der Waals surface area (Å²) in [5.74, 6) is 1.06. The molecule has 1 amide bonds. The van der Waals surface area contributed by atoms with Crippen molar-refractivity contribution >= 4 is 6.09 Å². The number of carbonyl (C=O) groups is 1. The first-order valence-corrected chi connectivity index (χ1v) is 5.12. The Balaban J connectivity index is 1.84. The van der Waals surface area contributed by atoms with Crippen molar-refractivity contribution in [3.05, 3.63) is 0 Å². The number of rotatable bonds is 0. The van der Waals surface area contributed by atoms with E-state index in [0.29, 0.717) is 17.9 Å². The minimum Gasteiger partial charge on any atom is -0.444 e. The van der Waals surface area contributed by atoms with Gasteiger partial charge in [0.05, 0.1) is 0 Å². The quantitative estimate of drug-likeness (QED) is 0.626. The summed E-state index contributed by atoms with van der Waals surface area (Å²) >= 11 is 0. The van der Waals surface area contributed by atoms with Crippen LogP contribution in [0.1, 0.15) is 20.8 Å². The number of fused-ring (bicyclic) bond motifs is 1. The molecule has 0 aromatic heterocycles. The second kappa shape index (κ2) is 2.86. The van der Waals surface area contributed by atoms with E-state index < -0.39 is 5.60 Å².